The molecule has 0 unspecified atom stereocenters. The van der Waals surface area contributed by atoms with Gasteiger partial charge in [0.05, 0.1) is 5.52 Å². The van der Waals surface area contributed by atoms with E-state index >= 15 is 0 Å². The summed E-state index contributed by atoms with van der Waals surface area (Å²) < 4.78 is 1.81. The summed E-state index contributed by atoms with van der Waals surface area (Å²) in [7, 11) is 2.12. The van der Waals surface area contributed by atoms with E-state index in [1.807, 2.05) is 22.8 Å². The number of anilines is 1. The Labute approximate surface area is 158 Å². The molecule has 138 valence electrons. The molecule has 1 N–H and O–H groups in total. The van der Waals surface area contributed by atoms with E-state index in [1.165, 1.54) is 23.7 Å². The summed E-state index contributed by atoms with van der Waals surface area (Å²) in [6, 6.07) is 15.3. The predicted molar refractivity (Wildman–Crippen MR) is 108 cm³/mol. The number of nitrogens with one attached hydrogen (secondary N) is 1. The molecule has 0 fully saturated rings. The van der Waals surface area contributed by atoms with E-state index in [9.17, 15) is 9.59 Å². The quantitative estimate of drug-likeness (QED) is 0.777. The number of para-hydroxylation sites is 1. The topological polar surface area (TPSA) is 54.3 Å². The van der Waals surface area contributed by atoms with Gasteiger partial charge in [-0.05, 0) is 42.2 Å². The van der Waals surface area contributed by atoms with E-state index in [1.54, 1.807) is 12.3 Å². The highest BCUT2D eigenvalue weighted by Crippen LogP contribution is 2.26. The molecule has 0 spiro atoms. The largest absolute Gasteiger partial charge is 0.374 e. The third kappa shape index (κ3) is 3.58. The minimum atomic E-state index is -0.0707. The summed E-state index contributed by atoms with van der Waals surface area (Å²) in [6.45, 7) is 1.79. The zero-order chi connectivity index (χ0) is 18.8. The van der Waals surface area contributed by atoms with E-state index in [2.05, 4.69) is 35.5 Å². The number of carbonyl (C=O) groups is 1. The molecular weight excluding hydrogens is 338 g/mol. The second-order valence-electron chi connectivity index (χ2n) is 7.09. The fourth-order valence-electron chi connectivity index (χ4n) is 3.76. The van der Waals surface area contributed by atoms with Crippen LogP contribution < -0.4 is 15.6 Å². The first-order valence-electron chi connectivity index (χ1n) is 9.29. The van der Waals surface area contributed by atoms with Crippen molar-refractivity contribution in [3.8, 4) is 0 Å². The molecule has 2 aromatic carbocycles. The number of carbonyl (C=O) groups excluding carboxylic acids is 1. The molecule has 0 atom stereocenters. The van der Waals surface area contributed by atoms with Crippen LogP contribution in [0.3, 0.4) is 0 Å². The van der Waals surface area contributed by atoms with Crippen LogP contribution in [0.1, 0.15) is 17.5 Å². The molecule has 0 saturated carbocycles. The highest BCUT2D eigenvalue weighted by atomic mass is 16.2. The van der Waals surface area contributed by atoms with Crippen LogP contribution in [0.15, 0.2) is 59.5 Å². The molecule has 1 aliphatic rings. The van der Waals surface area contributed by atoms with Gasteiger partial charge < -0.3 is 14.8 Å². The van der Waals surface area contributed by atoms with E-state index < -0.39 is 0 Å². The Kier molecular flexibility index (Phi) is 4.67. The summed E-state index contributed by atoms with van der Waals surface area (Å²) in [5.41, 5.74) is 4.50. The number of pyridine rings is 1. The van der Waals surface area contributed by atoms with E-state index in [-0.39, 0.29) is 17.9 Å². The molecule has 1 aliphatic heterocycles. The van der Waals surface area contributed by atoms with Gasteiger partial charge in [0.25, 0.3) is 0 Å². The average Bonchev–Trinajstić information content (AvgIpc) is 2.69. The zero-order valence-corrected chi connectivity index (χ0v) is 15.4. The van der Waals surface area contributed by atoms with Gasteiger partial charge in [-0.3, -0.25) is 9.59 Å². The van der Waals surface area contributed by atoms with Crippen LogP contribution in [0, 0.1) is 0 Å². The van der Waals surface area contributed by atoms with Gasteiger partial charge in [-0.1, -0.05) is 24.3 Å². The van der Waals surface area contributed by atoms with Crippen molar-refractivity contribution in [3.63, 3.8) is 0 Å². The molecule has 1 amide bonds. The normalized spacial score (nSPS) is 13.4. The number of nitrogens with zero attached hydrogens (tertiary/aromatic N) is 2. The fraction of sp³-hybridized carbons (Fsp3) is 0.273. The molecule has 5 nitrogen and oxygen atoms in total. The summed E-state index contributed by atoms with van der Waals surface area (Å²) in [5, 5.41) is 3.62. The van der Waals surface area contributed by atoms with Gasteiger partial charge in [-0.15, -0.1) is 0 Å². The molecule has 0 aliphatic carbocycles. The molecule has 3 aromatic rings. The van der Waals surface area contributed by atoms with Crippen LogP contribution in [0.25, 0.3) is 10.9 Å². The number of hydrogen-bond donors (Lipinski definition) is 1. The molecule has 0 saturated heterocycles. The summed E-state index contributed by atoms with van der Waals surface area (Å²) >= 11 is 0. The minimum Gasteiger partial charge on any atom is -0.374 e. The Hall–Kier alpha value is -3.08. The first-order chi connectivity index (χ1) is 13.1. The second-order valence-corrected chi connectivity index (χ2v) is 7.09. The fourth-order valence-corrected chi connectivity index (χ4v) is 3.76. The maximum atomic E-state index is 12.4. The van der Waals surface area contributed by atoms with Crippen molar-refractivity contribution in [2.45, 2.75) is 25.9 Å². The van der Waals surface area contributed by atoms with Crippen molar-refractivity contribution in [1.82, 2.24) is 9.88 Å². The van der Waals surface area contributed by atoms with E-state index in [4.69, 9.17) is 0 Å². The summed E-state index contributed by atoms with van der Waals surface area (Å²) in [6.07, 6.45) is 3.93. The molecule has 5 heteroatoms. The predicted octanol–water partition coefficient (Wildman–Crippen LogP) is 2.70. The van der Waals surface area contributed by atoms with E-state index in [0.29, 0.717) is 11.9 Å². The van der Waals surface area contributed by atoms with Crippen molar-refractivity contribution >= 4 is 22.5 Å². The van der Waals surface area contributed by atoms with Crippen LogP contribution in [-0.4, -0.2) is 24.1 Å². The maximum absolute atomic E-state index is 12.4. The van der Waals surface area contributed by atoms with Crippen LogP contribution in [0.5, 0.6) is 0 Å². The SMILES string of the molecule is CN1CCCc2cc(CNC(=O)Cn3ccc(=O)c4ccccc43)ccc21. The van der Waals surface area contributed by atoms with Crippen LogP contribution >= 0.6 is 0 Å². The molecule has 1 aromatic heterocycles. The molecule has 0 bridgehead atoms. The van der Waals surface area contributed by atoms with Gasteiger partial charge in [-0.25, -0.2) is 0 Å². The molecule has 4 rings (SSSR count). The molecular formula is C22H23N3O2. The van der Waals surface area contributed by atoms with Crippen molar-refractivity contribution in [1.29, 1.82) is 0 Å². The van der Waals surface area contributed by atoms with Crippen molar-refractivity contribution < 1.29 is 4.79 Å². The number of amides is 1. The summed E-state index contributed by atoms with van der Waals surface area (Å²) in [4.78, 5) is 26.7. The number of aromatic nitrogens is 1. The number of fused-ring (bicyclic) bond motifs is 2. The van der Waals surface area contributed by atoms with Gasteiger partial charge in [0.2, 0.25) is 5.91 Å². The lowest BCUT2D eigenvalue weighted by atomic mass is 9.99. The van der Waals surface area contributed by atoms with Gasteiger partial charge in [0.1, 0.15) is 6.54 Å². The molecule has 2 heterocycles. The van der Waals surface area contributed by atoms with Gasteiger partial charge in [0.15, 0.2) is 5.43 Å². The zero-order valence-electron chi connectivity index (χ0n) is 15.4. The van der Waals surface area contributed by atoms with Crippen molar-refractivity contribution in [2.24, 2.45) is 0 Å². The van der Waals surface area contributed by atoms with Crippen LogP contribution in [-0.2, 0) is 24.3 Å². The lowest BCUT2D eigenvalue weighted by molar-refractivity contribution is -0.121. The van der Waals surface area contributed by atoms with Gasteiger partial charge in [-0.2, -0.15) is 0 Å². The highest BCUT2D eigenvalue weighted by Gasteiger charge is 2.14. The first kappa shape index (κ1) is 17.3. The highest BCUT2D eigenvalue weighted by molar-refractivity contribution is 5.82. The second kappa shape index (κ2) is 7.27. The number of aryl methyl sites for hydroxylation is 1. The molecule has 0 radical (unpaired) electrons. The standard InChI is InChI=1S/C22H23N3O2/c1-24-11-4-5-17-13-16(8-9-19(17)24)14-23-22(27)15-25-12-10-21(26)18-6-2-3-7-20(18)25/h2-3,6-10,12-13H,4-5,11,14-15H2,1H3,(H,23,27). The lowest BCUT2D eigenvalue weighted by Gasteiger charge is -2.27. The average molecular weight is 361 g/mol. The molecule has 27 heavy (non-hydrogen) atoms. The van der Waals surface area contributed by atoms with Gasteiger partial charge >= 0.3 is 0 Å². The van der Waals surface area contributed by atoms with Crippen molar-refractivity contribution in [3.05, 3.63) is 76.1 Å². The Bertz CT molecular complexity index is 1050. The first-order valence-corrected chi connectivity index (χ1v) is 9.29. The number of hydrogen-bond acceptors (Lipinski definition) is 3. The Morgan fingerprint density at radius 3 is 2.89 bits per heavy atom. The van der Waals surface area contributed by atoms with Crippen LogP contribution in [0.2, 0.25) is 0 Å². The maximum Gasteiger partial charge on any atom is 0.240 e. The lowest BCUT2D eigenvalue weighted by Crippen LogP contribution is -2.28. The third-order valence-corrected chi connectivity index (χ3v) is 5.18. The third-order valence-electron chi connectivity index (χ3n) is 5.18. The summed E-state index contributed by atoms with van der Waals surface area (Å²) in [5.74, 6) is -0.0707. The minimum absolute atomic E-state index is 0.0266. The number of benzene rings is 2. The Morgan fingerprint density at radius 1 is 1.15 bits per heavy atom. The Morgan fingerprint density at radius 2 is 2.00 bits per heavy atom. The smallest absolute Gasteiger partial charge is 0.240 e. The van der Waals surface area contributed by atoms with Crippen LogP contribution in [0.4, 0.5) is 5.69 Å². The number of rotatable bonds is 4. The Balaban J connectivity index is 1.45. The monoisotopic (exact) mass is 361 g/mol. The van der Waals surface area contributed by atoms with Gasteiger partial charge in [0, 0.05) is 43.5 Å². The van der Waals surface area contributed by atoms with E-state index in [0.717, 1.165) is 24.0 Å². The van der Waals surface area contributed by atoms with Crippen molar-refractivity contribution in [2.75, 3.05) is 18.5 Å².